The summed E-state index contributed by atoms with van der Waals surface area (Å²) in [5.41, 5.74) is 1.57. The molecule has 0 radical (unpaired) electrons. The first kappa shape index (κ1) is 16.8. The molecule has 0 aromatic heterocycles. The summed E-state index contributed by atoms with van der Waals surface area (Å²) in [6, 6.07) is 7.13. The van der Waals surface area contributed by atoms with Gasteiger partial charge in [0.05, 0.1) is 17.4 Å². The molecule has 0 aliphatic carbocycles. The number of benzene rings is 1. The minimum atomic E-state index is -0.387. The molecule has 0 saturated carbocycles. The Bertz CT molecular complexity index is 523. The number of nitriles is 1. The third-order valence-electron chi connectivity index (χ3n) is 2.94. The second kappa shape index (κ2) is 8.10. The fraction of sp³-hybridized carbons (Fsp3) is 0.533. The highest BCUT2D eigenvalue weighted by Crippen LogP contribution is 2.27. The van der Waals surface area contributed by atoms with Crippen molar-refractivity contribution in [1.29, 1.82) is 5.26 Å². The number of anilines is 2. The van der Waals surface area contributed by atoms with Gasteiger partial charge < -0.3 is 10.2 Å². The second-order valence-electron chi connectivity index (χ2n) is 5.27. The molecule has 114 valence electrons. The summed E-state index contributed by atoms with van der Waals surface area (Å²) < 4.78 is 0. The zero-order chi connectivity index (χ0) is 15.8. The molecular weight excluding hydrogens is 268 g/mol. The van der Waals surface area contributed by atoms with Crippen molar-refractivity contribution in [3.63, 3.8) is 0 Å². The molecule has 0 heterocycles. The fourth-order valence-electron chi connectivity index (χ4n) is 2.14. The van der Waals surface area contributed by atoms with Crippen LogP contribution in [0.15, 0.2) is 18.2 Å². The minimum Gasteiger partial charge on any atom is -0.385 e. The third-order valence-corrected chi connectivity index (χ3v) is 2.94. The minimum absolute atomic E-state index is 0.0640. The molecule has 0 unspecified atom stereocenters. The van der Waals surface area contributed by atoms with Crippen LogP contribution in [0.2, 0.25) is 0 Å². The van der Waals surface area contributed by atoms with E-state index in [1.807, 2.05) is 17.9 Å². The van der Waals surface area contributed by atoms with Crippen molar-refractivity contribution < 1.29 is 4.92 Å². The van der Waals surface area contributed by atoms with Crippen LogP contribution in [0.1, 0.15) is 27.2 Å². The van der Waals surface area contributed by atoms with Gasteiger partial charge >= 0.3 is 0 Å². The van der Waals surface area contributed by atoms with Crippen LogP contribution in [-0.4, -0.2) is 24.6 Å². The number of nitro groups is 1. The quantitative estimate of drug-likeness (QED) is 0.586. The molecule has 0 fully saturated rings. The molecule has 0 aliphatic heterocycles. The van der Waals surface area contributed by atoms with E-state index in [1.54, 1.807) is 6.07 Å². The highest BCUT2D eigenvalue weighted by Gasteiger charge is 2.15. The summed E-state index contributed by atoms with van der Waals surface area (Å²) >= 11 is 0. The fourth-order valence-corrected chi connectivity index (χ4v) is 2.14. The Morgan fingerprint density at radius 3 is 2.67 bits per heavy atom. The molecule has 1 rings (SSSR count). The first-order chi connectivity index (χ1) is 9.97. The molecule has 0 spiro atoms. The van der Waals surface area contributed by atoms with Crippen molar-refractivity contribution in [3.8, 4) is 6.07 Å². The largest absolute Gasteiger partial charge is 0.385 e. The van der Waals surface area contributed by atoms with Gasteiger partial charge in [-0.25, -0.2) is 0 Å². The summed E-state index contributed by atoms with van der Waals surface area (Å²) in [6.07, 6.45) is 0.395. The number of nitrogens with zero attached hydrogens (tertiary/aromatic N) is 3. The predicted molar refractivity (Wildman–Crippen MR) is 84.5 cm³/mol. The molecule has 21 heavy (non-hydrogen) atoms. The highest BCUT2D eigenvalue weighted by atomic mass is 16.6. The van der Waals surface area contributed by atoms with Crippen LogP contribution >= 0.6 is 0 Å². The van der Waals surface area contributed by atoms with Crippen LogP contribution in [0.3, 0.4) is 0 Å². The van der Waals surface area contributed by atoms with Crippen molar-refractivity contribution in [2.75, 3.05) is 29.9 Å². The van der Waals surface area contributed by atoms with Crippen molar-refractivity contribution in [2.24, 2.45) is 5.92 Å². The molecule has 1 aromatic rings. The number of nitro benzene ring substituents is 1. The summed E-state index contributed by atoms with van der Waals surface area (Å²) in [5.74, 6) is 0.408. The molecule has 0 atom stereocenters. The van der Waals surface area contributed by atoms with Gasteiger partial charge in [-0.05, 0) is 18.9 Å². The van der Waals surface area contributed by atoms with Crippen LogP contribution in [-0.2, 0) is 0 Å². The van der Waals surface area contributed by atoms with Crippen LogP contribution in [0, 0.1) is 27.4 Å². The Hall–Kier alpha value is -2.29. The Balaban J connectivity index is 3.14. The van der Waals surface area contributed by atoms with E-state index < -0.39 is 0 Å². The third kappa shape index (κ3) is 5.30. The van der Waals surface area contributed by atoms with Gasteiger partial charge in [-0.1, -0.05) is 13.8 Å². The smallest absolute Gasteiger partial charge is 0.273 e. The van der Waals surface area contributed by atoms with Crippen LogP contribution in [0.5, 0.6) is 0 Å². The highest BCUT2D eigenvalue weighted by molar-refractivity contribution is 5.64. The molecule has 0 aliphatic rings. The van der Waals surface area contributed by atoms with Gasteiger partial charge in [-0.15, -0.1) is 0 Å². The SMILES string of the molecule is CCNc1cc(N(CCC#N)CC(C)C)cc([N+](=O)[O-])c1. The Morgan fingerprint density at radius 2 is 2.14 bits per heavy atom. The lowest BCUT2D eigenvalue weighted by atomic mass is 10.1. The van der Waals surface area contributed by atoms with Gasteiger partial charge in [-0.2, -0.15) is 5.26 Å². The van der Waals surface area contributed by atoms with E-state index in [4.69, 9.17) is 5.26 Å². The van der Waals surface area contributed by atoms with Gasteiger partial charge in [0.2, 0.25) is 0 Å². The molecule has 6 nitrogen and oxygen atoms in total. The van der Waals surface area contributed by atoms with E-state index in [1.165, 1.54) is 6.07 Å². The van der Waals surface area contributed by atoms with Gasteiger partial charge in [0.25, 0.3) is 5.69 Å². The summed E-state index contributed by atoms with van der Waals surface area (Å²) in [7, 11) is 0. The maximum absolute atomic E-state index is 11.1. The molecule has 1 N–H and O–H groups in total. The lowest BCUT2D eigenvalue weighted by Gasteiger charge is -2.26. The van der Waals surface area contributed by atoms with E-state index in [9.17, 15) is 10.1 Å². The number of non-ortho nitro benzene ring substituents is 1. The number of hydrogen-bond acceptors (Lipinski definition) is 5. The molecule has 6 heteroatoms. The zero-order valence-electron chi connectivity index (χ0n) is 12.8. The van der Waals surface area contributed by atoms with Gasteiger partial charge in [-0.3, -0.25) is 10.1 Å². The first-order valence-electron chi connectivity index (χ1n) is 7.13. The normalized spacial score (nSPS) is 10.2. The van der Waals surface area contributed by atoms with E-state index in [0.29, 0.717) is 25.4 Å². The Morgan fingerprint density at radius 1 is 1.43 bits per heavy atom. The standard InChI is InChI=1S/C15H22N4O2/c1-4-17-13-8-14(10-15(9-13)19(20)21)18(7-5-6-16)11-12(2)3/h8-10,12,17H,4-5,7,11H2,1-3H3. The predicted octanol–water partition coefficient (Wildman–Crippen LogP) is 3.40. The summed E-state index contributed by atoms with van der Waals surface area (Å²) in [4.78, 5) is 12.7. The van der Waals surface area contributed by atoms with Gasteiger partial charge in [0.15, 0.2) is 0 Å². The van der Waals surface area contributed by atoms with Crippen molar-refractivity contribution in [2.45, 2.75) is 27.2 Å². The average Bonchev–Trinajstić information content (AvgIpc) is 2.43. The maximum Gasteiger partial charge on any atom is 0.273 e. The maximum atomic E-state index is 11.1. The Kier molecular flexibility index (Phi) is 6.47. The number of rotatable bonds is 8. The lowest BCUT2D eigenvalue weighted by molar-refractivity contribution is -0.384. The molecule has 0 saturated heterocycles. The summed E-state index contributed by atoms with van der Waals surface area (Å²) in [6.45, 7) is 8.14. The molecule has 0 amide bonds. The van der Waals surface area contributed by atoms with Crippen LogP contribution in [0.4, 0.5) is 17.1 Å². The molecule has 1 aromatic carbocycles. The van der Waals surface area contributed by atoms with Crippen LogP contribution in [0.25, 0.3) is 0 Å². The lowest BCUT2D eigenvalue weighted by Crippen LogP contribution is -2.28. The molecular formula is C15H22N4O2. The first-order valence-corrected chi connectivity index (χ1v) is 7.13. The summed E-state index contributed by atoms with van der Waals surface area (Å²) in [5, 5.41) is 23.0. The number of hydrogen-bond donors (Lipinski definition) is 1. The van der Waals surface area contributed by atoms with E-state index in [0.717, 1.165) is 17.9 Å². The van der Waals surface area contributed by atoms with Gasteiger partial charge in [0.1, 0.15) is 0 Å². The topological polar surface area (TPSA) is 82.2 Å². The van der Waals surface area contributed by atoms with E-state index in [-0.39, 0.29) is 10.6 Å². The number of nitrogens with one attached hydrogen (secondary N) is 1. The van der Waals surface area contributed by atoms with Crippen molar-refractivity contribution >= 4 is 17.1 Å². The van der Waals surface area contributed by atoms with Crippen molar-refractivity contribution in [3.05, 3.63) is 28.3 Å². The monoisotopic (exact) mass is 290 g/mol. The molecule has 0 bridgehead atoms. The van der Waals surface area contributed by atoms with Crippen LogP contribution < -0.4 is 10.2 Å². The second-order valence-corrected chi connectivity index (χ2v) is 5.27. The van der Waals surface area contributed by atoms with Crippen molar-refractivity contribution in [1.82, 2.24) is 0 Å². The van der Waals surface area contributed by atoms with E-state index in [2.05, 4.69) is 25.2 Å². The van der Waals surface area contributed by atoms with Gasteiger partial charge in [0, 0.05) is 43.1 Å². The zero-order valence-corrected chi connectivity index (χ0v) is 12.8. The average molecular weight is 290 g/mol. The Labute approximate surface area is 125 Å². The van der Waals surface area contributed by atoms with E-state index >= 15 is 0 Å².